The molecule has 0 bridgehead atoms. The van der Waals surface area contributed by atoms with Crippen LogP contribution in [-0.4, -0.2) is 14.1 Å². The molecule has 0 unspecified atom stereocenters. The highest BCUT2D eigenvalue weighted by atomic mass is 32.1. The number of nitrogens with zero attached hydrogens (tertiary/aromatic N) is 3. The number of para-hydroxylation sites is 3. The number of pyridine rings is 2. The van der Waals surface area contributed by atoms with Gasteiger partial charge in [-0.25, -0.2) is 4.98 Å². The average Bonchev–Trinajstić information content (AvgIpc) is 3.66. The first kappa shape index (κ1) is 24.6. The molecule has 4 nitrogen and oxygen atoms in total. The molecule has 4 heterocycles. The maximum absolute atomic E-state index is 14.4. The van der Waals surface area contributed by atoms with E-state index >= 15 is 0 Å². The lowest BCUT2D eigenvalue weighted by Gasteiger charge is -2.14. The Hall–Kier alpha value is -5.78. The fourth-order valence-corrected chi connectivity index (χ4v) is 8.52. The maximum atomic E-state index is 14.4. The van der Waals surface area contributed by atoms with Crippen molar-refractivity contribution in [3.63, 3.8) is 0 Å². The molecule has 10 aromatic rings. The number of hydrogen-bond donors (Lipinski definition) is 0. The molecule has 0 saturated carbocycles. The average molecular weight is 594 g/mol. The Balaban J connectivity index is 1.41. The molecule has 0 fully saturated rings. The van der Waals surface area contributed by atoms with E-state index in [9.17, 15) is 4.79 Å². The van der Waals surface area contributed by atoms with Gasteiger partial charge in [-0.15, -0.1) is 11.3 Å². The minimum Gasteiger partial charge on any atom is -0.292 e. The zero-order valence-electron chi connectivity index (χ0n) is 23.9. The van der Waals surface area contributed by atoms with Gasteiger partial charge in [-0.3, -0.25) is 13.9 Å². The van der Waals surface area contributed by atoms with Gasteiger partial charge in [0.25, 0.3) is 5.56 Å². The van der Waals surface area contributed by atoms with Gasteiger partial charge in [-0.2, -0.15) is 0 Å². The van der Waals surface area contributed by atoms with Gasteiger partial charge in [0.05, 0.1) is 21.3 Å². The third kappa shape index (κ3) is 3.30. The van der Waals surface area contributed by atoms with Crippen molar-refractivity contribution in [2.45, 2.75) is 0 Å². The van der Waals surface area contributed by atoms with Crippen molar-refractivity contribution in [3.8, 4) is 11.5 Å². The van der Waals surface area contributed by atoms with Crippen molar-refractivity contribution in [3.05, 3.63) is 150 Å². The van der Waals surface area contributed by atoms with Crippen LogP contribution in [0.5, 0.6) is 0 Å². The highest BCUT2D eigenvalue weighted by Crippen LogP contribution is 2.47. The highest BCUT2D eigenvalue weighted by Gasteiger charge is 2.23. The summed E-state index contributed by atoms with van der Waals surface area (Å²) < 4.78 is 6.54. The van der Waals surface area contributed by atoms with E-state index in [0.29, 0.717) is 5.52 Å². The molecule has 5 heteroatoms. The Morgan fingerprint density at radius 1 is 0.489 bits per heavy atom. The summed E-state index contributed by atoms with van der Waals surface area (Å²) in [5.74, 6) is 0.731. The van der Waals surface area contributed by atoms with Gasteiger partial charge >= 0.3 is 0 Å². The van der Waals surface area contributed by atoms with Crippen LogP contribution in [0.1, 0.15) is 0 Å². The van der Waals surface area contributed by atoms with Gasteiger partial charge in [-0.1, -0.05) is 97.1 Å². The van der Waals surface area contributed by atoms with Crippen LogP contribution in [0.4, 0.5) is 0 Å². The fraction of sp³-hybridized carbons (Fsp3) is 0. The molecule has 0 aliphatic carbocycles. The van der Waals surface area contributed by atoms with Gasteiger partial charge in [-0.05, 0) is 53.2 Å². The topological polar surface area (TPSA) is 39.8 Å². The second-order valence-electron chi connectivity index (χ2n) is 11.5. The number of hydrogen-bond acceptors (Lipinski definition) is 3. The van der Waals surface area contributed by atoms with Crippen LogP contribution in [-0.2, 0) is 0 Å². The smallest absolute Gasteiger partial charge is 0.282 e. The molecule has 4 aromatic heterocycles. The Morgan fingerprint density at radius 3 is 1.87 bits per heavy atom. The zero-order chi connectivity index (χ0) is 29.6. The monoisotopic (exact) mass is 593 g/mol. The minimum absolute atomic E-state index is 0.130. The first-order valence-electron chi connectivity index (χ1n) is 15.0. The first-order chi connectivity index (χ1) is 22.3. The SMILES string of the molecule is O=c1c2nc(-n3c4ccccc4c4c5ccccc5c5c6ccccc6sc5c43)ccc2c2ccccc2n1-c1ccccc1. The van der Waals surface area contributed by atoms with Crippen molar-refractivity contribution < 1.29 is 0 Å². The Bertz CT molecular complexity index is 2900. The molecule has 210 valence electrons. The molecular formula is C40H23N3OS. The number of thiophene rings is 1. The van der Waals surface area contributed by atoms with Crippen LogP contribution in [0.3, 0.4) is 0 Å². The Labute approximate surface area is 260 Å². The van der Waals surface area contributed by atoms with E-state index in [1.807, 2.05) is 59.9 Å². The van der Waals surface area contributed by atoms with Gasteiger partial charge in [0, 0.05) is 42.7 Å². The van der Waals surface area contributed by atoms with E-state index in [1.54, 1.807) is 4.57 Å². The standard InChI is InChI=1S/C40H23N3OS/c44-40-37-28(25-14-6-9-19-31(25)42(40)24-12-2-1-3-13-24)22-23-34(41-37)43-32-20-10-7-17-29(32)35-26-15-4-5-16-27(26)36-30-18-8-11-21-33(30)45-39(36)38(35)43/h1-23H. The summed E-state index contributed by atoms with van der Waals surface area (Å²) >= 11 is 1.82. The molecule has 45 heavy (non-hydrogen) atoms. The van der Waals surface area contributed by atoms with Gasteiger partial charge in [0.15, 0.2) is 0 Å². The number of benzene rings is 6. The molecule has 0 N–H and O–H groups in total. The van der Waals surface area contributed by atoms with E-state index in [-0.39, 0.29) is 5.56 Å². The van der Waals surface area contributed by atoms with Crippen LogP contribution in [0.25, 0.3) is 86.1 Å². The minimum atomic E-state index is -0.130. The summed E-state index contributed by atoms with van der Waals surface area (Å²) in [5, 5.41) is 9.23. The van der Waals surface area contributed by atoms with Crippen LogP contribution < -0.4 is 5.56 Å². The molecule has 0 atom stereocenters. The summed E-state index contributed by atoms with van der Waals surface area (Å²) in [4.78, 5) is 19.6. The van der Waals surface area contributed by atoms with E-state index in [0.717, 1.165) is 38.8 Å². The second-order valence-corrected chi connectivity index (χ2v) is 12.5. The van der Waals surface area contributed by atoms with Gasteiger partial charge in [0.1, 0.15) is 11.3 Å². The largest absolute Gasteiger partial charge is 0.292 e. The highest BCUT2D eigenvalue weighted by molar-refractivity contribution is 7.27. The zero-order valence-corrected chi connectivity index (χ0v) is 24.8. The van der Waals surface area contributed by atoms with E-state index in [4.69, 9.17) is 4.98 Å². The lowest BCUT2D eigenvalue weighted by Crippen LogP contribution is -2.20. The van der Waals surface area contributed by atoms with Gasteiger partial charge < -0.3 is 0 Å². The van der Waals surface area contributed by atoms with Crippen LogP contribution in [0.15, 0.2) is 144 Å². The first-order valence-corrected chi connectivity index (χ1v) is 15.8. The molecular weight excluding hydrogens is 571 g/mol. The number of aromatic nitrogens is 3. The van der Waals surface area contributed by atoms with E-state index < -0.39 is 0 Å². The second kappa shape index (κ2) is 9.11. The molecule has 0 aliphatic rings. The van der Waals surface area contributed by atoms with Crippen LogP contribution in [0.2, 0.25) is 0 Å². The van der Waals surface area contributed by atoms with Crippen molar-refractivity contribution in [1.82, 2.24) is 14.1 Å². The summed E-state index contributed by atoms with van der Waals surface area (Å²) in [6, 6.07) is 48.0. The third-order valence-electron chi connectivity index (χ3n) is 9.12. The third-order valence-corrected chi connectivity index (χ3v) is 10.3. The number of fused-ring (bicyclic) bond motifs is 13. The fourth-order valence-electron chi connectivity index (χ4n) is 7.26. The van der Waals surface area contributed by atoms with Crippen molar-refractivity contribution in [2.75, 3.05) is 0 Å². The van der Waals surface area contributed by atoms with Crippen molar-refractivity contribution in [2.24, 2.45) is 0 Å². The Kier molecular flexibility index (Phi) is 4.99. The molecule has 6 aromatic carbocycles. The van der Waals surface area contributed by atoms with E-state index in [2.05, 4.69) is 95.6 Å². The maximum Gasteiger partial charge on any atom is 0.282 e. The molecule has 10 rings (SSSR count). The van der Waals surface area contributed by atoms with Crippen LogP contribution in [0, 0.1) is 0 Å². The summed E-state index contributed by atoms with van der Waals surface area (Å²) in [6.45, 7) is 0. The number of rotatable bonds is 2. The normalized spacial score (nSPS) is 12.1. The predicted molar refractivity (Wildman–Crippen MR) is 190 cm³/mol. The Morgan fingerprint density at radius 2 is 1.09 bits per heavy atom. The lowest BCUT2D eigenvalue weighted by molar-refractivity contribution is 1.04. The van der Waals surface area contributed by atoms with Gasteiger partial charge in [0.2, 0.25) is 0 Å². The predicted octanol–water partition coefficient (Wildman–Crippen LogP) is 10.2. The summed E-state index contributed by atoms with van der Waals surface area (Å²) in [7, 11) is 0. The summed E-state index contributed by atoms with van der Waals surface area (Å²) in [5.41, 5.74) is 4.21. The lowest BCUT2D eigenvalue weighted by atomic mass is 9.99. The van der Waals surface area contributed by atoms with E-state index in [1.165, 1.54) is 41.7 Å². The van der Waals surface area contributed by atoms with Crippen LogP contribution >= 0.6 is 11.3 Å². The van der Waals surface area contributed by atoms with Crippen molar-refractivity contribution >= 4 is 85.9 Å². The molecule has 0 spiro atoms. The molecule has 0 radical (unpaired) electrons. The molecule has 0 aliphatic heterocycles. The quantitative estimate of drug-likeness (QED) is 0.187. The summed E-state index contributed by atoms with van der Waals surface area (Å²) in [6.07, 6.45) is 0. The molecule has 0 saturated heterocycles. The van der Waals surface area contributed by atoms with Crippen molar-refractivity contribution in [1.29, 1.82) is 0 Å². The molecule has 0 amide bonds.